The second kappa shape index (κ2) is 4.52. The summed E-state index contributed by atoms with van der Waals surface area (Å²) in [7, 11) is 0. The molecule has 5 heteroatoms. The maximum atomic E-state index is 10.5. The lowest BCUT2D eigenvalue weighted by molar-refractivity contribution is -0.385. The Morgan fingerprint density at radius 3 is 2.29 bits per heavy atom. The topological polar surface area (TPSA) is 73.1 Å². The van der Waals surface area contributed by atoms with E-state index in [1.165, 1.54) is 12.3 Å². The zero-order valence-corrected chi connectivity index (χ0v) is 8.74. The van der Waals surface area contributed by atoms with E-state index in [1.54, 1.807) is 30.3 Å². The number of hydrogen-bond donors (Lipinski definition) is 0. The van der Waals surface area contributed by atoms with Crippen LogP contribution in [0.5, 0.6) is 0 Å². The monoisotopic (exact) mass is 228 g/mol. The molecule has 0 bridgehead atoms. The number of rotatable bonds is 3. The van der Waals surface area contributed by atoms with Gasteiger partial charge in [0, 0.05) is 17.2 Å². The van der Waals surface area contributed by atoms with Crippen LogP contribution in [0.15, 0.2) is 42.6 Å². The summed E-state index contributed by atoms with van der Waals surface area (Å²) >= 11 is 0. The fourth-order valence-electron chi connectivity index (χ4n) is 1.40. The van der Waals surface area contributed by atoms with Gasteiger partial charge < -0.3 is 0 Å². The Balaban J connectivity index is 2.32. The molecule has 17 heavy (non-hydrogen) atoms. The Bertz CT molecular complexity index is 547. The van der Waals surface area contributed by atoms with E-state index < -0.39 is 4.92 Å². The van der Waals surface area contributed by atoms with E-state index in [1.807, 2.05) is 0 Å². The van der Waals surface area contributed by atoms with Crippen molar-refractivity contribution >= 4 is 12.0 Å². The molecule has 0 atom stereocenters. The highest BCUT2D eigenvalue weighted by molar-refractivity contribution is 5.76. The van der Waals surface area contributed by atoms with Gasteiger partial charge in [0.15, 0.2) is 0 Å². The first-order valence-corrected chi connectivity index (χ1v) is 4.87. The number of carbonyl (C=O) groups excluding carboxylic acids is 1. The fourth-order valence-corrected chi connectivity index (χ4v) is 1.40. The molecule has 5 nitrogen and oxygen atoms in total. The lowest BCUT2D eigenvalue weighted by atomic mass is 10.1. The van der Waals surface area contributed by atoms with Crippen molar-refractivity contribution in [3.8, 4) is 11.3 Å². The summed E-state index contributed by atoms with van der Waals surface area (Å²) in [4.78, 5) is 24.4. The van der Waals surface area contributed by atoms with E-state index in [0.717, 1.165) is 11.8 Å². The van der Waals surface area contributed by atoms with Gasteiger partial charge in [-0.05, 0) is 6.07 Å². The molecule has 0 spiro atoms. The van der Waals surface area contributed by atoms with Crippen molar-refractivity contribution in [3.05, 3.63) is 58.3 Å². The van der Waals surface area contributed by atoms with Crippen molar-refractivity contribution in [2.24, 2.45) is 0 Å². The third-order valence-corrected chi connectivity index (χ3v) is 2.30. The van der Waals surface area contributed by atoms with Crippen molar-refractivity contribution in [1.29, 1.82) is 0 Å². The van der Waals surface area contributed by atoms with Gasteiger partial charge in [0.1, 0.15) is 12.5 Å². The number of carbonyl (C=O) groups is 1. The molecule has 1 aromatic carbocycles. The van der Waals surface area contributed by atoms with E-state index in [4.69, 9.17) is 0 Å². The summed E-state index contributed by atoms with van der Waals surface area (Å²) in [5, 5.41) is 10.5. The van der Waals surface area contributed by atoms with Gasteiger partial charge in [0.2, 0.25) is 0 Å². The lowest BCUT2D eigenvalue weighted by Crippen LogP contribution is -1.90. The molecule has 84 valence electrons. The van der Waals surface area contributed by atoms with Crippen molar-refractivity contribution in [2.45, 2.75) is 0 Å². The van der Waals surface area contributed by atoms with Crippen LogP contribution in [0.1, 0.15) is 10.4 Å². The number of hydrogen-bond acceptors (Lipinski definition) is 4. The molecular formula is C12H8N2O3. The minimum Gasteiger partial charge on any atom is -0.298 e. The number of benzene rings is 1. The first-order valence-electron chi connectivity index (χ1n) is 4.87. The Morgan fingerprint density at radius 2 is 1.82 bits per heavy atom. The molecule has 0 radical (unpaired) electrons. The van der Waals surface area contributed by atoms with Gasteiger partial charge in [-0.3, -0.25) is 14.9 Å². The summed E-state index contributed by atoms with van der Waals surface area (Å²) in [5.74, 6) is 0. The highest BCUT2D eigenvalue weighted by atomic mass is 16.6. The van der Waals surface area contributed by atoms with Crippen LogP contribution < -0.4 is 0 Å². The van der Waals surface area contributed by atoms with E-state index in [9.17, 15) is 14.9 Å². The van der Waals surface area contributed by atoms with Crippen LogP contribution in [0.2, 0.25) is 0 Å². The molecule has 2 aromatic rings. The van der Waals surface area contributed by atoms with Crippen LogP contribution in [0.3, 0.4) is 0 Å². The number of aldehydes is 1. The van der Waals surface area contributed by atoms with Crippen molar-refractivity contribution < 1.29 is 9.72 Å². The largest absolute Gasteiger partial charge is 0.298 e. The van der Waals surface area contributed by atoms with Gasteiger partial charge in [-0.25, -0.2) is 4.98 Å². The lowest BCUT2D eigenvalue weighted by Gasteiger charge is -2.00. The van der Waals surface area contributed by atoms with Gasteiger partial charge in [0.05, 0.1) is 10.6 Å². The zero-order chi connectivity index (χ0) is 12.3. The first-order chi connectivity index (χ1) is 8.20. The maximum absolute atomic E-state index is 10.5. The number of nitro groups is 1. The summed E-state index contributed by atoms with van der Waals surface area (Å²) in [5.41, 5.74) is 1.98. The molecule has 0 unspecified atom stereocenters. The predicted molar refractivity (Wildman–Crippen MR) is 61.7 cm³/mol. The summed E-state index contributed by atoms with van der Waals surface area (Å²) in [6, 6.07) is 9.82. The van der Waals surface area contributed by atoms with E-state index in [2.05, 4.69) is 4.98 Å². The molecule has 0 aliphatic heterocycles. The summed E-state index contributed by atoms with van der Waals surface area (Å²) < 4.78 is 0. The van der Waals surface area contributed by atoms with E-state index in [-0.39, 0.29) is 5.69 Å². The van der Waals surface area contributed by atoms with Crippen molar-refractivity contribution in [2.75, 3.05) is 0 Å². The van der Waals surface area contributed by atoms with Gasteiger partial charge >= 0.3 is 0 Å². The van der Waals surface area contributed by atoms with Gasteiger partial charge in [0.25, 0.3) is 5.69 Å². The third-order valence-electron chi connectivity index (χ3n) is 2.30. The molecule has 0 aliphatic rings. The van der Waals surface area contributed by atoms with Crippen LogP contribution in [-0.2, 0) is 0 Å². The average molecular weight is 228 g/mol. The Labute approximate surface area is 96.9 Å². The summed E-state index contributed by atoms with van der Waals surface area (Å²) in [6.07, 6.45) is 1.97. The molecule has 0 amide bonds. The van der Waals surface area contributed by atoms with E-state index in [0.29, 0.717) is 11.3 Å². The maximum Gasteiger partial charge on any atom is 0.287 e. The van der Waals surface area contributed by atoms with Crippen LogP contribution >= 0.6 is 0 Å². The normalized spacial score (nSPS) is 9.88. The minimum atomic E-state index is -0.494. The summed E-state index contributed by atoms with van der Waals surface area (Å²) in [6.45, 7) is 0. The standard InChI is InChI=1S/C12H8N2O3/c15-8-9-1-3-10(4-2-9)12-6-5-11(7-13-12)14(16)17/h1-8H. The van der Waals surface area contributed by atoms with Crippen LogP contribution in [0.25, 0.3) is 11.3 Å². The van der Waals surface area contributed by atoms with Crippen molar-refractivity contribution in [3.63, 3.8) is 0 Å². The van der Waals surface area contributed by atoms with Gasteiger partial charge in [-0.1, -0.05) is 24.3 Å². The molecule has 0 aliphatic carbocycles. The van der Waals surface area contributed by atoms with Crippen LogP contribution in [0.4, 0.5) is 5.69 Å². The predicted octanol–water partition coefficient (Wildman–Crippen LogP) is 2.47. The molecule has 0 saturated carbocycles. The SMILES string of the molecule is O=Cc1ccc(-c2ccc([N+](=O)[O-])cn2)cc1. The Hall–Kier alpha value is -2.56. The molecule has 1 aromatic heterocycles. The van der Waals surface area contributed by atoms with Crippen LogP contribution in [-0.4, -0.2) is 16.2 Å². The molecule has 2 rings (SSSR count). The number of pyridine rings is 1. The highest BCUT2D eigenvalue weighted by Gasteiger charge is 2.06. The number of nitrogens with zero attached hydrogens (tertiary/aromatic N) is 2. The second-order valence-corrected chi connectivity index (χ2v) is 3.40. The van der Waals surface area contributed by atoms with Crippen molar-refractivity contribution in [1.82, 2.24) is 4.98 Å². The molecule has 0 fully saturated rings. The van der Waals surface area contributed by atoms with E-state index >= 15 is 0 Å². The first kappa shape index (κ1) is 10.9. The Kier molecular flexibility index (Phi) is 2.91. The molecule has 1 heterocycles. The van der Waals surface area contributed by atoms with Gasteiger partial charge in [-0.2, -0.15) is 0 Å². The third kappa shape index (κ3) is 2.34. The Morgan fingerprint density at radius 1 is 1.12 bits per heavy atom. The molecular weight excluding hydrogens is 220 g/mol. The number of aromatic nitrogens is 1. The average Bonchev–Trinajstić information content (AvgIpc) is 2.39. The minimum absolute atomic E-state index is 0.0433. The van der Waals surface area contributed by atoms with Gasteiger partial charge in [-0.15, -0.1) is 0 Å². The fraction of sp³-hybridized carbons (Fsp3) is 0. The molecule has 0 N–H and O–H groups in total. The molecule has 0 saturated heterocycles. The zero-order valence-electron chi connectivity index (χ0n) is 8.74. The second-order valence-electron chi connectivity index (χ2n) is 3.40. The quantitative estimate of drug-likeness (QED) is 0.459. The van der Waals surface area contributed by atoms with Crippen LogP contribution in [0, 0.1) is 10.1 Å². The smallest absolute Gasteiger partial charge is 0.287 e. The highest BCUT2D eigenvalue weighted by Crippen LogP contribution is 2.19.